The highest BCUT2D eigenvalue weighted by molar-refractivity contribution is 7.80. The first-order valence-corrected chi connectivity index (χ1v) is 11.6. The summed E-state index contributed by atoms with van der Waals surface area (Å²) in [7, 11) is 0. The number of benzene rings is 3. The second-order valence-electron chi connectivity index (χ2n) is 7.83. The van der Waals surface area contributed by atoms with Gasteiger partial charge in [-0.1, -0.05) is 36.4 Å². The molecular formula is C27H21F3N4O3S. The fraction of sp³-hybridized carbons (Fsp3) is 0.0741. The van der Waals surface area contributed by atoms with Crippen LogP contribution in [-0.4, -0.2) is 22.4 Å². The Labute approximate surface area is 221 Å². The minimum atomic E-state index is -4.76. The van der Waals surface area contributed by atoms with Crippen LogP contribution in [0.1, 0.15) is 16.1 Å². The Hall–Kier alpha value is -4.64. The lowest BCUT2D eigenvalue weighted by molar-refractivity contribution is -0.274. The molecule has 0 radical (unpaired) electrons. The van der Waals surface area contributed by atoms with Crippen LogP contribution in [-0.2, 0) is 6.54 Å². The van der Waals surface area contributed by atoms with Gasteiger partial charge in [0.05, 0.1) is 0 Å². The SMILES string of the molecule is O=C(NCc1ccccc1)c1cc(Oc2cccc(NC(=S)Nc3ccc(OC(F)(F)F)cc3)c2)ccn1. The number of rotatable bonds is 8. The van der Waals surface area contributed by atoms with E-state index in [4.69, 9.17) is 17.0 Å². The molecule has 0 bridgehead atoms. The third-order valence-corrected chi connectivity index (χ3v) is 5.14. The molecule has 38 heavy (non-hydrogen) atoms. The molecule has 11 heteroatoms. The van der Waals surface area contributed by atoms with E-state index in [1.165, 1.54) is 30.5 Å². The Bertz CT molecular complexity index is 1400. The molecule has 0 aliphatic rings. The third kappa shape index (κ3) is 8.20. The normalized spacial score (nSPS) is 10.8. The van der Waals surface area contributed by atoms with Gasteiger partial charge >= 0.3 is 6.36 Å². The average Bonchev–Trinajstić information content (AvgIpc) is 2.88. The van der Waals surface area contributed by atoms with Crippen molar-refractivity contribution >= 4 is 34.6 Å². The summed E-state index contributed by atoms with van der Waals surface area (Å²) in [6.07, 6.45) is -3.27. The van der Waals surface area contributed by atoms with E-state index >= 15 is 0 Å². The number of nitrogens with one attached hydrogen (secondary N) is 3. The molecule has 3 N–H and O–H groups in total. The molecule has 3 aromatic carbocycles. The van der Waals surface area contributed by atoms with Gasteiger partial charge in [-0.25, -0.2) is 0 Å². The Kier molecular flexibility index (Phi) is 8.39. The van der Waals surface area contributed by atoms with Gasteiger partial charge in [-0.2, -0.15) is 0 Å². The van der Waals surface area contributed by atoms with Gasteiger partial charge in [0.15, 0.2) is 5.11 Å². The summed E-state index contributed by atoms with van der Waals surface area (Å²) in [6.45, 7) is 0.375. The van der Waals surface area contributed by atoms with Crippen LogP contribution in [0.25, 0.3) is 0 Å². The fourth-order valence-electron chi connectivity index (χ4n) is 3.27. The average molecular weight is 539 g/mol. The summed E-state index contributed by atoms with van der Waals surface area (Å²) in [6, 6.07) is 24.8. The van der Waals surface area contributed by atoms with Crippen molar-refractivity contribution in [3.63, 3.8) is 0 Å². The van der Waals surface area contributed by atoms with Gasteiger partial charge in [-0.3, -0.25) is 9.78 Å². The lowest BCUT2D eigenvalue weighted by atomic mass is 10.2. The molecule has 0 spiro atoms. The van der Waals surface area contributed by atoms with Gasteiger partial charge in [0.1, 0.15) is 22.9 Å². The van der Waals surface area contributed by atoms with Crippen molar-refractivity contribution in [3.8, 4) is 17.2 Å². The maximum Gasteiger partial charge on any atom is 0.573 e. The van der Waals surface area contributed by atoms with Crippen molar-refractivity contribution in [1.29, 1.82) is 0 Å². The Morgan fingerprint density at radius 2 is 1.53 bits per heavy atom. The van der Waals surface area contributed by atoms with E-state index < -0.39 is 6.36 Å². The van der Waals surface area contributed by atoms with E-state index in [-0.39, 0.29) is 22.5 Å². The quantitative estimate of drug-likeness (QED) is 0.221. The highest BCUT2D eigenvalue weighted by Crippen LogP contribution is 2.26. The predicted octanol–water partition coefficient (Wildman–Crippen LogP) is 6.51. The first-order chi connectivity index (χ1) is 18.2. The molecule has 0 aliphatic carbocycles. The molecule has 0 unspecified atom stereocenters. The van der Waals surface area contributed by atoms with E-state index in [0.29, 0.717) is 29.4 Å². The zero-order chi connectivity index (χ0) is 27.0. The van der Waals surface area contributed by atoms with Crippen molar-refractivity contribution in [2.45, 2.75) is 12.9 Å². The molecule has 0 fully saturated rings. The highest BCUT2D eigenvalue weighted by Gasteiger charge is 2.30. The zero-order valence-electron chi connectivity index (χ0n) is 19.7. The maximum atomic E-state index is 12.5. The molecular weight excluding hydrogens is 517 g/mol. The molecule has 4 aromatic rings. The second kappa shape index (κ2) is 12.1. The molecule has 194 valence electrons. The number of alkyl halides is 3. The number of carbonyl (C=O) groups is 1. The number of anilines is 2. The van der Waals surface area contributed by atoms with Crippen LogP contribution in [0.3, 0.4) is 0 Å². The van der Waals surface area contributed by atoms with Crippen LogP contribution in [0, 0.1) is 0 Å². The number of hydrogen-bond acceptors (Lipinski definition) is 5. The topological polar surface area (TPSA) is 84.5 Å². The first kappa shape index (κ1) is 26.4. The van der Waals surface area contributed by atoms with Gasteiger partial charge in [0.2, 0.25) is 0 Å². The summed E-state index contributed by atoms with van der Waals surface area (Å²) in [4.78, 5) is 16.6. The highest BCUT2D eigenvalue weighted by atomic mass is 32.1. The van der Waals surface area contributed by atoms with Gasteiger partial charge < -0.3 is 25.4 Å². The van der Waals surface area contributed by atoms with Crippen LogP contribution in [0.5, 0.6) is 17.2 Å². The van der Waals surface area contributed by atoms with Crippen LogP contribution in [0.15, 0.2) is 97.2 Å². The lowest BCUT2D eigenvalue weighted by Gasteiger charge is -2.13. The van der Waals surface area contributed by atoms with Crippen molar-refractivity contribution < 1.29 is 27.4 Å². The number of pyridine rings is 1. The zero-order valence-corrected chi connectivity index (χ0v) is 20.5. The molecule has 0 atom stereocenters. The second-order valence-corrected chi connectivity index (χ2v) is 8.23. The number of nitrogens with zero attached hydrogens (tertiary/aromatic N) is 1. The summed E-state index contributed by atoms with van der Waals surface area (Å²) in [5.74, 6) is 0.237. The standard InChI is InChI=1S/C27H21F3N4O3S/c28-27(29,30)37-21-11-9-19(10-12-21)33-26(38)34-20-7-4-8-22(15-20)36-23-13-14-31-24(16-23)25(35)32-17-18-5-2-1-3-6-18/h1-16H,17H2,(H,32,35)(H2,33,34,38). The number of halogens is 3. The van der Waals surface area contributed by atoms with Gasteiger partial charge in [-0.05, 0) is 60.2 Å². The number of aromatic nitrogens is 1. The summed E-state index contributed by atoms with van der Waals surface area (Å²) in [5, 5.41) is 8.91. The summed E-state index contributed by atoms with van der Waals surface area (Å²) >= 11 is 5.29. The smallest absolute Gasteiger partial charge is 0.457 e. The fourth-order valence-corrected chi connectivity index (χ4v) is 3.51. The van der Waals surface area contributed by atoms with Crippen LogP contribution in [0.4, 0.5) is 24.5 Å². The molecule has 1 amide bonds. The summed E-state index contributed by atoms with van der Waals surface area (Å²) in [5.41, 5.74) is 2.26. The van der Waals surface area contributed by atoms with Crippen molar-refractivity contribution in [2.75, 3.05) is 10.6 Å². The maximum absolute atomic E-state index is 12.5. The van der Waals surface area contributed by atoms with E-state index in [1.807, 2.05) is 30.3 Å². The lowest BCUT2D eigenvalue weighted by Crippen LogP contribution is -2.23. The number of hydrogen-bond donors (Lipinski definition) is 3. The summed E-state index contributed by atoms with van der Waals surface area (Å²) < 4.78 is 46.7. The van der Waals surface area contributed by atoms with E-state index in [1.54, 1.807) is 36.4 Å². The third-order valence-electron chi connectivity index (χ3n) is 4.93. The molecule has 1 aromatic heterocycles. The Morgan fingerprint density at radius 1 is 0.816 bits per heavy atom. The van der Waals surface area contributed by atoms with Crippen molar-refractivity contribution in [2.24, 2.45) is 0 Å². The van der Waals surface area contributed by atoms with Crippen LogP contribution < -0.4 is 25.4 Å². The van der Waals surface area contributed by atoms with Crippen molar-refractivity contribution in [3.05, 3.63) is 108 Å². The molecule has 0 saturated heterocycles. The largest absolute Gasteiger partial charge is 0.573 e. The monoisotopic (exact) mass is 538 g/mol. The van der Waals surface area contributed by atoms with E-state index in [0.717, 1.165) is 5.56 Å². The molecule has 1 heterocycles. The minimum Gasteiger partial charge on any atom is -0.457 e. The van der Waals surface area contributed by atoms with Crippen LogP contribution >= 0.6 is 12.2 Å². The predicted molar refractivity (Wildman–Crippen MR) is 141 cm³/mol. The van der Waals surface area contributed by atoms with Crippen molar-refractivity contribution in [1.82, 2.24) is 10.3 Å². The molecule has 0 aliphatic heterocycles. The van der Waals surface area contributed by atoms with E-state index in [9.17, 15) is 18.0 Å². The Morgan fingerprint density at radius 3 is 2.26 bits per heavy atom. The molecule has 7 nitrogen and oxygen atoms in total. The van der Waals surface area contributed by atoms with Gasteiger partial charge in [0.25, 0.3) is 5.91 Å². The van der Waals surface area contributed by atoms with E-state index in [2.05, 4.69) is 25.7 Å². The number of ether oxygens (including phenoxy) is 2. The number of thiocarbonyl (C=S) groups is 1. The van der Waals surface area contributed by atoms with Gasteiger partial charge in [-0.15, -0.1) is 13.2 Å². The number of amides is 1. The Balaban J connectivity index is 1.33. The molecule has 0 saturated carbocycles. The minimum absolute atomic E-state index is 0.213. The first-order valence-electron chi connectivity index (χ1n) is 11.2. The van der Waals surface area contributed by atoms with Gasteiger partial charge in [0, 0.05) is 36.2 Å². The van der Waals surface area contributed by atoms with Crippen LogP contribution in [0.2, 0.25) is 0 Å². The molecule has 4 rings (SSSR count). The number of carbonyl (C=O) groups excluding carboxylic acids is 1.